The van der Waals surface area contributed by atoms with Crippen molar-refractivity contribution in [1.82, 2.24) is 25.2 Å². The zero-order chi connectivity index (χ0) is 21.9. The molecule has 11 heteroatoms. The number of H-pyrrole nitrogens is 1. The maximum absolute atomic E-state index is 10.6. The minimum atomic E-state index is -5.08. The van der Waals surface area contributed by atoms with Gasteiger partial charge in [0.2, 0.25) is 11.7 Å². The highest BCUT2D eigenvalue weighted by Gasteiger charge is 2.49. The smallest absolute Gasteiger partial charge is 0.475 e. The van der Waals surface area contributed by atoms with Crippen LogP contribution in [0, 0.1) is 0 Å². The summed E-state index contributed by atoms with van der Waals surface area (Å²) in [6.07, 6.45) is -1.12. The number of nitrogens with zero attached hydrogens (tertiary/aromatic N) is 4. The average molecular weight is 423 g/mol. The molecule has 1 fully saturated rings. The van der Waals surface area contributed by atoms with Gasteiger partial charge in [-0.05, 0) is 39.1 Å². The van der Waals surface area contributed by atoms with Gasteiger partial charge >= 0.3 is 12.1 Å². The van der Waals surface area contributed by atoms with E-state index in [1.54, 1.807) is 6.20 Å². The molecule has 0 spiro atoms. The van der Waals surface area contributed by atoms with Crippen molar-refractivity contribution in [3.8, 4) is 22.6 Å². The van der Waals surface area contributed by atoms with E-state index in [4.69, 9.17) is 14.4 Å². The molecule has 160 valence electrons. The fourth-order valence-electron chi connectivity index (χ4n) is 2.99. The zero-order valence-electron chi connectivity index (χ0n) is 16.3. The molecule has 1 aromatic carbocycles. The molecule has 0 saturated heterocycles. The van der Waals surface area contributed by atoms with Crippen LogP contribution in [-0.2, 0) is 10.2 Å². The molecule has 2 N–H and O–H groups in total. The van der Waals surface area contributed by atoms with Crippen LogP contribution in [0.25, 0.3) is 22.6 Å². The number of aliphatic carboxylic acids is 1. The molecule has 8 nitrogen and oxygen atoms in total. The van der Waals surface area contributed by atoms with E-state index in [9.17, 15) is 13.2 Å². The van der Waals surface area contributed by atoms with Crippen LogP contribution in [0.4, 0.5) is 13.2 Å². The summed E-state index contributed by atoms with van der Waals surface area (Å²) in [4.78, 5) is 15.7. The molecular weight excluding hydrogens is 403 g/mol. The lowest BCUT2D eigenvalue weighted by Crippen LogP contribution is -2.26. The third-order valence-electron chi connectivity index (χ3n) is 4.53. The van der Waals surface area contributed by atoms with Crippen molar-refractivity contribution in [3.63, 3.8) is 0 Å². The van der Waals surface area contributed by atoms with Crippen LogP contribution < -0.4 is 0 Å². The molecule has 0 amide bonds. The second-order valence-electron chi connectivity index (χ2n) is 7.30. The topological polar surface area (TPSA) is 108 Å². The number of carboxylic acids is 1. The molecule has 3 aromatic rings. The van der Waals surface area contributed by atoms with E-state index in [1.165, 1.54) is 0 Å². The summed E-state index contributed by atoms with van der Waals surface area (Å²) in [6.45, 7) is 0.947. The molecule has 1 saturated carbocycles. The first-order valence-electron chi connectivity index (χ1n) is 9.00. The Labute approximate surface area is 169 Å². The van der Waals surface area contributed by atoms with Gasteiger partial charge in [-0.25, -0.2) is 4.79 Å². The third-order valence-corrected chi connectivity index (χ3v) is 4.53. The van der Waals surface area contributed by atoms with Crippen molar-refractivity contribution in [2.45, 2.75) is 24.4 Å². The monoisotopic (exact) mass is 423 g/mol. The second-order valence-corrected chi connectivity index (χ2v) is 7.30. The lowest BCUT2D eigenvalue weighted by atomic mass is 10.1. The minimum absolute atomic E-state index is 0.0513. The second kappa shape index (κ2) is 8.27. The summed E-state index contributed by atoms with van der Waals surface area (Å²) in [5.74, 6) is -1.35. The number of carboxylic acid groups (broad SMARTS) is 1. The standard InChI is InChI=1S/C17H19N5O.C2HF3O2/c1-22(2)11-17(7-8-17)16-19-15(21-23-16)13-5-3-4-12(10-13)14-6-9-18-20-14;3-2(4,5)1(6)7/h3-6,9-10H,7-8,11H2,1-2H3,(H,18,20);(H,6,7). The van der Waals surface area contributed by atoms with Gasteiger partial charge in [0, 0.05) is 23.9 Å². The van der Waals surface area contributed by atoms with Crippen LogP contribution in [0.3, 0.4) is 0 Å². The Morgan fingerprint density at radius 1 is 1.27 bits per heavy atom. The molecule has 4 rings (SSSR count). The first-order valence-corrected chi connectivity index (χ1v) is 9.00. The summed E-state index contributed by atoms with van der Waals surface area (Å²) in [6, 6.07) is 10.0. The largest absolute Gasteiger partial charge is 0.490 e. The summed E-state index contributed by atoms with van der Waals surface area (Å²) in [7, 11) is 4.15. The fraction of sp³-hybridized carbons (Fsp3) is 0.368. The highest BCUT2D eigenvalue weighted by Crippen LogP contribution is 2.48. The molecule has 0 bridgehead atoms. The minimum Gasteiger partial charge on any atom is -0.475 e. The predicted octanol–water partition coefficient (Wildman–Crippen LogP) is 3.35. The van der Waals surface area contributed by atoms with Crippen molar-refractivity contribution >= 4 is 5.97 Å². The summed E-state index contributed by atoms with van der Waals surface area (Å²) in [5, 5.41) is 18.3. The quantitative estimate of drug-likeness (QED) is 0.648. The van der Waals surface area contributed by atoms with Gasteiger partial charge in [0.05, 0.1) is 11.1 Å². The maximum atomic E-state index is 10.6. The molecule has 0 aliphatic heterocycles. The molecule has 30 heavy (non-hydrogen) atoms. The van der Waals surface area contributed by atoms with Crippen molar-refractivity contribution in [2.75, 3.05) is 20.6 Å². The molecule has 0 atom stereocenters. The van der Waals surface area contributed by atoms with Crippen molar-refractivity contribution in [2.24, 2.45) is 0 Å². The fourth-order valence-corrected chi connectivity index (χ4v) is 2.99. The number of rotatable bonds is 5. The summed E-state index contributed by atoms with van der Waals surface area (Å²) >= 11 is 0. The Morgan fingerprint density at radius 3 is 2.47 bits per heavy atom. The zero-order valence-corrected chi connectivity index (χ0v) is 16.3. The Hall–Kier alpha value is -3.21. The lowest BCUT2D eigenvalue weighted by Gasteiger charge is -2.15. The lowest BCUT2D eigenvalue weighted by molar-refractivity contribution is -0.192. The van der Waals surface area contributed by atoms with Crippen molar-refractivity contribution < 1.29 is 27.6 Å². The van der Waals surface area contributed by atoms with E-state index < -0.39 is 12.1 Å². The molecule has 0 unspecified atom stereocenters. The van der Waals surface area contributed by atoms with Gasteiger partial charge in [-0.2, -0.15) is 23.3 Å². The normalized spacial score (nSPS) is 14.9. The number of hydrogen-bond acceptors (Lipinski definition) is 6. The summed E-state index contributed by atoms with van der Waals surface area (Å²) in [5.41, 5.74) is 3.03. The van der Waals surface area contributed by atoms with E-state index >= 15 is 0 Å². The Kier molecular flexibility index (Phi) is 5.92. The summed E-state index contributed by atoms with van der Waals surface area (Å²) < 4.78 is 37.3. The van der Waals surface area contributed by atoms with E-state index in [0.717, 1.165) is 42.1 Å². The number of aromatic nitrogens is 4. The van der Waals surface area contributed by atoms with Crippen molar-refractivity contribution in [1.29, 1.82) is 0 Å². The number of nitrogens with one attached hydrogen (secondary N) is 1. The number of benzene rings is 1. The Bertz CT molecular complexity index is 995. The molecule has 1 aliphatic carbocycles. The highest BCUT2D eigenvalue weighted by molar-refractivity contribution is 5.73. The Balaban J connectivity index is 0.000000318. The van der Waals surface area contributed by atoms with E-state index in [2.05, 4.69) is 39.3 Å². The number of aromatic amines is 1. The highest BCUT2D eigenvalue weighted by atomic mass is 19.4. The van der Waals surface area contributed by atoms with Crippen LogP contribution in [0.5, 0.6) is 0 Å². The number of alkyl halides is 3. The van der Waals surface area contributed by atoms with Crippen LogP contribution in [0.2, 0.25) is 0 Å². The molecular formula is C19H20F3N5O3. The van der Waals surface area contributed by atoms with Crippen molar-refractivity contribution in [3.05, 3.63) is 42.4 Å². The van der Waals surface area contributed by atoms with Crippen LogP contribution in [0.15, 0.2) is 41.1 Å². The Morgan fingerprint density at radius 2 is 1.93 bits per heavy atom. The maximum Gasteiger partial charge on any atom is 0.490 e. The van der Waals surface area contributed by atoms with Gasteiger partial charge in [-0.1, -0.05) is 23.4 Å². The van der Waals surface area contributed by atoms with Gasteiger partial charge in [-0.15, -0.1) is 0 Å². The van der Waals surface area contributed by atoms with Gasteiger partial charge in [0.15, 0.2) is 0 Å². The van der Waals surface area contributed by atoms with Gasteiger partial charge in [0.25, 0.3) is 0 Å². The molecule has 2 aromatic heterocycles. The van der Waals surface area contributed by atoms with Crippen LogP contribution in [0.1, 0.15) is 18.7 Å². The first-order chi connectivity index (χ1) is 14.1. The van der Waals surface area contributed by atoms with E-state index in [-0.39, 0.29) is 5.41 Å². The van der Waals surface area contributed by atoms with E-state index in [0.29, 0.717) is 5.82 Å². The number of carbonyl (C=O) groups is 1. The third kappa shape index (κ3) is 5.03. The van der Waals surface area contributed by atoms with Gasteiger partial charge < -0.3 is 14.5 Å². The number of hydrogen-bond donors (Lipinski definition) is 2. The van der Waals surface area contributed by atoms with Gasteiger partial charge in [-0.3, -0.25) is 5.10 Å². The number of halogens is 3. The molecule has 0 radical (unpaired) electrons. The van der Waals surface area contributed by atoms with Crippen LogP contribution >= 0.6 is 0 Å². The first kappa shape index (κ1) is 21.5. The molecule has 2 heterocycles. The SMILES string of the molecule is CN(C)CC1(c2nc(-c3cccc(-c4ccn[nH]4)c3)no2)CC1.O=C(O)C(F)(F)F. The van der Waals surface area contributed by atoms with Crippen LogP contribution in [-0.4, -0.2) is 63.1 Å². The predicted molar refractivity (Wildman–Crippen MR) is 100 cm³/mol. The van der Waals surface area contributed by atoms with E-state index in [1.807, 2.05) is 30.3 Å². The number of likely N-dealkylation sites (N-methyl/N-ethyl adjacent to an activating group) is 1. The average Bonchev–Trinajstić information content (AvgIpc) is 3.12. The van der Waals surface area contributed by atoms with Gasteiger partial charge in [0.1, 0.15) is 0 Å². The molecule has 1 aliphatic rings.